The van der Waals surface area contributed by atoms with Gasteiger partial charge in [0.1, 0.15) is 5.75 Å². The Balaban J connectivity index is 1.47. The van der Waals surface area contributed by atoms with Crippen molar-refractivity contribution < 1.29 is 9.90 Å². The summed E-state index contributed by atoms with van der Waals surface area (Å²) in [4.78, 5) is 22.0. The molecular formula is C28H27N3O2. The minimum atomic E-state index is -0.0569. The molecule has 33 heavy (non-hydrogen) atoms. The molecule has 1 amide bonds. The van der Waals surface area contributed by atoms with Crippen LogP contribution >= 0.6 is 0 Å². The minimum Gasteiger partial charge on any atom is -0.508 e. The van der Waals surface area contributed by atoms with Crippen LogP contribution < -0.4 is 5.32 Å². The van der Waals surface area contributed by atoms with Gasteiger partial charge in [-0.1, -0.05) is 60.7 Å². The Hall–Kier alpha value is -3.99. The number of benzene rings is 3. The Morgan fingerprint density at radius 1 is 0.788 bits per heavy atom. The standard InChI is InChI=1S/C28H27N3O2/c32-24-17-15-23(16-18-24)26-20-29-28(25(30-26)19-14-22-10-5-2-6-11-22)31-27(33)13-7-12-21-8-3-1-4-9-21/h1-6,8-11,15-18,20,32H,7,12-14,19H2,(H,29,31,33). The summed E-state index contributed by atoms with van der Waals surface area (Å²) in [6.45, 7) is 0. The van der Waals surface area contributed by atoms with Crippen LogP contribution in [0.25, 0.3) is 11.3 Å². The molecule has 166 valence electrons. The highest BCUT2D eigenvalue weighted by molar-refractivity contribution is 5.90. The number of anilines is 1. The van der Waals surface area contributed by atoms with E-state index in [-0.39, 0.29) is 11.7 Å². The highest BCUT2D eigenvalue weighted by Gasteiger charge is 2.13. The van der Waals surface area contributed by atoms with Crippen molar-refractivity contribution in [2.45, 2.75) is 32.1 Å². The van der Waals surface area contributed by atoms with Gasteiger partial charge in [-0.05, 0) is 61.1 Å². The molecule has 0 saturated heterocycles. The van der Waals surface area contributed by atoms with E-state index in [0.29, 0.717) is 24.4 Å². The molecule has 0 spiro atoms. The lowest BCUT2D eigenvalue weighted by Gasteiger charge is -2.12. The topological polar surface area (TPSA) is 75.1 Å². The van der Waals surface area contributed by atoms with E-state index in [1.807, 2.05) is 48.5 Å². The first-order valence-electron chi connectivity index (χ1n) is 11.2. The molecule has 2 N–H and O–H groups in total. The fourth-order valence-electron chi connectivity index (χ4n) is 3.68. The number of nitrogens with zero attached hydrogens (tertiary/aromatic N) is 2. The lowest BCUT2D eigenvalue weighted by Crippen LogP contribution is -2.15. The van der Waals surface area contributed by atoms with Gasteiger partial charge in [-0.3, -0.25) is 4.79 Å². The summed E-state index contributed by atoms with van der Waals surface area (Å²) < 4.78 is 0. The number of rotatable bonds is 9. The lowest BCUT2D eigenvalue weighted by molar-refractivity contribution is -0.116. The van der Waals surface area contributed by atoms with Crippen LogP contribution in [0.5, 0.6) is 5.75 Å². The first-order chi connectivity index (χ1) is 16.2. The summed E-state index contributed by atoms with van der Waals surface area (Å²) in [6.07, 6.45) is 5.18. The molecule has 3 aromatic carbocycles. The molecule has 0 aliphatic heterocycles. The molecule has 5 heteroatoms. The molecular weight excluding hydrogens is 410 g/mol. The maximum Gasteiger partial charge on any atom is 0.225 e. The summed E-state index contributed by atoms with van der Waals surface area (Å²) in [6, 6.07) is 27.2. The van der Waals surface area contributed by atoms with Gasteiger partial charge in [-0.25, -0.2) is 9.97 Å². The number of aromatic nitrogens is 2. The number of hydrogen-bond donors (Lipinski definition) is 2. The minimum absolute atomic E-state index is 0.0569. The van der Waals surface area contributed by atoms with E-state index in [4.69, 9.17) is 4.98 Å². The zero-order chi connectivity index (χ0) is 22.9. The second-order valence-corrected chi connectivity index (χ2v) is 7.97. The van der Waals surface area contributed by atoms with E-state index in [9.17, 15) is 9.90 Å². The molecule has 0 atom stereocenters. The summed E-state index contributed by atoms with van der Waals surface area (Å²) in [5, 5.41) is 12.5. The quantitative estimate of drug-likeness (QED) is 0.358. The lowest BCUT2D eigenvalue weighted by atomic mass is 10.1. The third-order valence-corrected chi connectivity index (χ3v) is 5.47. The smallest absolute Gasteiger partial charge is 0.225 e. The van der Waals surface area contributed by atoms with Gasteiger partial charge in [0.2, 0.25) is 5.91 Å². The van der Waals surface area contributed by atoms with Crippen LogP contribution in [0.15, 0.2) is 91.1 Å². The molecule has 0 fully saturated rings. The first kappa shape index (κ1) is 22.2. The van der Waals surface area contributed by atoms with Crippen LogP contribution in [0, 0.1) is 0 Å². The van der Waals surface area contributed by atoms with Crippen molar-refractivity contribution >= 4 is 11.7 Å². The second-order valence-electron chi connectivity index (χ2n) is 7.97. The number of hydrogen-bond acceptors (Lipinski definition) is 4. The van der Waals surface area contributed by atoms with E-state index >= 15 is 0 Å². The Labute approximate surface area is 194 Å². The molecule has 0 radical (unpaired) electrons. The second kappa shape index (κ2) is 11.0. The number of phenols is 1. The van der Waals surface area contributed by atoms with Gasteiger partial charge in [0.05, 0.1) is 17.6 Å². The molecule has 0 aliphatic rings. The maximum atomic E-state index is 12.6. The van der Waals surface area contributed by atoms with Gasteiger partial charge >= 0.3 is 0 Å². The first-order valence-corrected chi connectivity index (χ1v) is 11.2. The summed E-state index contributed by atoms with van der Waals surface area (Å²) in [5.41, 5.74) is 4.75. The van der Waals surface area contributed by atoms with Crippen LogP contribution in [0.3, 0.4) is 0 Å². The zero-order valence-corrected chi connectivity index (χ0v) is 18.4. The maximum absolute atomic E-state index is 12.6. The Morgan fingerprint density at radius 2 is 1.42 bits per heavy atom. The van der Waals surface area contributed by atoms with Crippen molar-refractivity contribution in [2.24, 2.45) is 0 Å². The summed E-state index contributed by atoms with van der Waals surface area (Å²) in [7, 11) is 0. The average molecular weight is 438 g/mol. The Morgan fingerprint density at radius 3 is 2.09 bits per heavy atom. The fourth-order valence-corrected chi connectivity index (χ4v) is 3.68. The van der Waals surface area contributed by atoms with E-state index in [1.54, 1.807) is 18.3 Å². The largest absolute Gasteiger partial charge is 0.508 e. The van der Waals surface area contributed by atoms with Crippen LogP contribution in [0.2, 0.25) is 0 Å². The van der Waals surface area contributed by atoms with E-state index < -0.39 is 0 Å². The van der Waals surface area contributed by atoms with Gasteiger partial charge in [-0.15, -0.1) is 0 Å². The highest BCUT2D eigenvalue weighted by Crippen LogP contribution is 2.23. The number of aryl methyl sites for hydroxylation is 3. The normalized spacial score (nSPS) is 10.7. The van der Waals surface area contributed by atoms with Crippen molar-refractivity contribution in [2.75, 3.05) is 5.32 Å². The molecule has 5 nitrogen and oxygen atoms in total. The van der Waals surface area contributed by atoms with Crippen LogP contribution in [-0.2, 0) is 24.1 Å². The summed E-state index contributed by atoms with van der Waals surface area (Å²) >= 11 is 0. The summed E-state index contributed by atoms with van der Waals surface area (Å²) in [5.74, 6) is 0.659. The van der Waals surface area contributed by atoms with Gasteiger partial charge < -0.3 is 10.4 Å². The molecule has 0 aliphatic carbocycles. The number of carbonyl (C=O) groups is 1. The van der Waals surface area contributed by atoms with Crippen LogP contribution in [0.1, 0.15) is 29.7 Å². The number of amides is 1. The molecule has 1 aromatic heterocycles. The van der Waals surface area contributed by atoms with E-state index in [0.717, 1.165) is 30.5 Å². The molecule has 4 rings (SSSR count). The number of phenolic OH excluding ortho intramolecular Hbond substituents is 1. The molecule has 0 bridgehead atoms. The van der Waals surface area contributed by atoms with Crippen LogP contribution in [-0.4, -0.2) is 21.0 Å². The molecule has 1 heterocycles. The van der Waals surface area contributed by atoms with E-state index in [1.165, 1.54) is 11.1 Å². The molecule has 0 saturated carbocycles. The molecule has 4 aromatic rings. The van der Waals surface area contributed by atoms with Crippen molar-refractivity contribution in [1.29, 1.82) is 0 Å². The molecule has 0 unspecified atom stereocenters. The zero-order valence-electron chi connectivity index (χ0n) is 18.4. The Bertz CT molecular complexity index is 1180. The predicted octanol–water partition coefficient (Wildman–Crippen LogP) is 5.60. The van der Waals surface area contributed by atoms with E-state index in [2.05, 4.69) is 34.6 Å². The number of aromatic hydroxyl groups is 1. The van der Waals surface area contributed by atoms with Gasteiger partial charge in [0, 0.05) is 12.0 Å². The van der Waals surface area contributed by atoms with Crippen molar-refractivity contribution in [1.82, 2.24) is 9.97 Å². The van der Waals surface area contributed by atoms with Gasteiger partial charge in [-0.2, -0.15) is 0 Å². The monoisotopic (exact) mass is 437 g/mol. The average Bonchev–Trinajstić information content (AvgIpc) is 2.85. The van der Waals surface area contributed by atoms with Crippen molar-refractivity contribution in [3.63, 3.8) is 0 Å². The fraction of sp³-hybridized carbons (Fsp3) is 0.179. The Kier molecular flexibility index (Phi) is 7.44. The highest BCUT2D eigenvalue weighted by atomic mass is 16.3. The van der Waals surface area contributed by atoms with Gasteiger partial charge in [0.15, 0.2) is 5.82 Å². The van der Waals surface area contributed by atoms with Crippen molar-refractivity contribution in [3.8, 4) is 17.0 Å². The van der Waals surface area contributed by atoms with Crippen LogP contribution in [0.4, 0.5) is 5.82 Å². The number of carbonyl (C=O) groups excluding carboxylic acids is 1. The van der Waals surface area contributed by atoms with Gasteiger partial charge in [0.25, 0.3) is 0 Å². The predicted molar refractivity (Wildman–Crippen MR) is 131 cm³/mol. The third kappa shape index (κ3) is 6.50. The van der Waals surface area contributed by atoms with Crippen molar-refractivity contribution in [3.05, 3.63) is 108 Å². The number of nitrogens with one attached hydrogen (secondary N) is 1. The third-order valence-electron chi connectivity index (χ3n) is 5.47. The SMILES string of the molecule is O=C(CCCc1ccccc1)Nc1ncc(-c2ccc(O)cc2)nc1CCc1ccccc1.